The average Bonchev–Trinajstić information content (AvgIpc) is 3.87. The van der Waals surface area contributed by atoms with Crippen molar-refractivity contribution in [3.63, 3.8) is 0 Å². The third kappa shape index (κ3) is 8.98. The molecule has 3 atom stereocenters. The highest BCUT2D eigenvalue weighted by Crippen LogP contribution is 2.41. The van der Waals surface area contributed by atoms with E-state index in [0.717, 1.165) is 57.5 Å². The summed E-state index contributed by atoms with van der Waals surface area (Å²) in [5.74, 6) is -5.50. The van der Waals surface area contributed by atoms with Crippen LogP contribution in [0, 0.1) is 11.8 Å². The Morgan fingerprint density at radius 2 is 1.23 bits per heavy atom. The number of carbonyl (C=O) groups is 8. The van der Waals surface area contributed by atoms with Crippen molar-refractivity contribution in [1.82, 2.24) is 4.90 Å². The molecule has 0 unspecified atom stereocenters. The van der Waals surface area contributed by atoms with Gasteiger partial charge < -0.3 is 29.6 Å². The number of hydrogen-bond acceptors (Lipinski definition) is 14. The Kier molecular flexibility index (Phi) is 12.8. The van der Waals surface area contributed by atoms with E-state index in [2.05, 4.69) is 24.5 Å². The first-order valence-electron chi connectivity index (χ1n) is 19.7. The monoisotopic (exact) mass is 869 g/mol. The molecule has 1 aliphatic heterocycles. The number of rotatable bonds is 13. The van der Waals surface area contributed by atoms with Crippen LogP contribution in [0.3, 0.4) is 0 Å². The number of anilines is 2. The zero-order valence-corrected chi connectivity index (χ0v) is 35.5. The number of carbonyl (C=O) groups excluding carboxylic acids is 8. The van der Waals surface area contributed by atoms with Gasteiger partial charge in [-0.2, -0.15) is 0 Å². The molecule has 3 heterocycles. The maximum Gasteiger partial charge on any atom is 0.341 e. The Morgan fingerprint density at radius 1 is 0.705 bits per heavy atom. The molecule has 318 valence electrons. The second-order valence-electron chi connectivity index (χ2n) is 15.3. The van der Waals surface area contributed by atoms with Gasteiger partial charge in [-0.05, 0) is 85.3 Å². The molecular formula is C44H43N3O12S2. The Hall–Kier alpha value is -6.20. The van der Waals surface area contributed by atoms with Gasteiger partial charge in [-0.25, -0.2) is 19.2 Å². The van der Waals surface area contributed by atoms with Crippen LogP contribution in [-0.2, 0) is 65.4 Å². The van der Waals surface area contributed by atoms with Crippen molar-refractivity contribution in [2.24, 2.45) is 11.8 Å². The molecule has 17 heteroatoms. The normalized spacial score (nSPS) is 17.0. The van der Waals surface area contributed by atoms with Gasteiger partial charge >= 0.3 is 23.9 Å². The number of nitrogens with one attached hydrogen (secondary N) is 2. The minimum absolute atomic E-state index is 0.0828. The van der Waals surface area contributed by atoms with E-state index in [9.17, 15) is 38.4 Å². The summed E-state index contributed by atoms with van der Waals surface area (Å²) in [6.45, 7) is 2.72. The van der Waals surface area contributed by atoms with Crippen LogP contribution in [0.1, 0.15) is 105 Å². The van der Waals surface area contributed by atoms with E-state index in [1.165, 1.54) is 49.0 Å². The third-order valence-corrected chi connectivity index (χ3v) is 13.3. The third-order valence-electron chi connectivity index (χ3n) is 11.0. The van der Waals surface area contributed by atoms with Gasteiger partial charge in [0.15, 0.2) is 13.2 Å². The van der Waals surface area contributed by atoms with Crippen molar-refractivity contribution in [2.75, 3.05) is 38.1 Å². The highest BCUT2D eigenvalue weighted by molar-refractivity contribution is 7.17. The minimum Gasteiger partial charge on any atom is -0.465 e. The fourth-order valence-corrected chi connectivity index (χ4v) is 10.7. The van der Waals surface area contributed by atoms with Gasteiger partial charge in [-0.1, -0.05) is 44.2 Å². The van der Waals surface area contributed by atoms with Crippen LogP contribution in [-0.4, -0.2) is 85.9 Å². The van der Waals surface area contributed by atoms with E-state index in [0.29, 0.717) is 40.8 Å². The molecule has 0 radical (unpaired) electrons. The predicted molar refractivity (Wildman–Crippen MR) is 223 cm³/mol. The molecule has 2 aromatic heterocycles. The molecule has 4 amide bonds. The Labute approximate surface area is 358 Å². The number of methoxy groups -OCH3 is 2. The summed E-state index contributed by atoms with van der Waals surface area (Å²) >= 11 is 2.55. The number of nitrogens with zero attached hydrogens (tertiary/aromatic N) is 1. The Balaban J connectivity index is 1.03. The Morgan fingerprint density at radius 3 is 1.77 bits per heavy atom. The molecule has 0 bridgehead atoms. The summed E-state index contributed by atoms with van der Waals surface area (Å²) in [7, 11) is 2.52. The van der Waals surface area contributed by atoms with Crippen LogP contribution in [0.25, 0.3) is 0 Å². The van der Waals surface area contributed by atoms with Crippen molar-refractivity contribution in [3.05, 3.63) is 103 Å². The van der Waals surface area contributed by atoms with Crippen molar-refractivity contribution >= 4 is 80.2 Å². The largest absolute Gasteiger partial charge is 0.465 e. The van der Waals surface area contributed by atoms with Gasteiger partial charge in [0.1, 0.15) is 16.0 Å². The molecule has 61 heavy (non-hydrogen) atoms. The van der Waals surface area contributed by atoms with Crippen molar-refractivity contribution in [1.29, 1.82) is 0 Å². The smallest absolute Gasteiger partial charge is 0.341 e. The first-order valence-corrected chi connectivity index (χ1v) is 21.4. The summed E-state index contributed by atoms with van der Waals surface area (Å²) in [5.41, 5.74) is 2.42. The maximum absolute atomic E-state index is 14.0. The second kappa shape index (κ2) is 18.2. The lowest BCUT2D eigenvalue weighted by molar-refractivity contribution is -0.151. The SMILES string of the molecule is COC(=O)c1c(NC(=O)COC(=O)[C@H](Cc2ccccc2)N2C(=O)c3ccc(C(=O)OCC(=O)Nc4sc5c(c4C(=O)OC)CC[C@H](C)C5)cc3C2=O)sc2c1CC[C@@H](C)C2. The quantitative estimate of drug-likeness (QED) is 0.0929. The number of benzene rings is 2. The zero-order valence-electron chi connectivity index (χ0n) is 33.9. The van der Waals surface area contributed by atoms with E-state index >= 15 is 0 Å². The fraction of sp³-hybridized carbons (Fsp3) is 0.364. The lowest BCUT2D eigenvalue weighted by atomic mass is 9.88. The fourth-order valence-electron chi connectivity index (χ4n) is 7.87. The van der Waals surface area contributed by atoms with Gasteiger partial charge in [0.05, 0.1) is 42.0 Å². The first kappa shape index (κ1) is 42.9. The predicted octanol–water partition coefficient (Wildman–Crippen LogP) is 5.82. The van der Waals surface area contributed by atoms with Crippen LogP contribution >= 0.6 is 22.7 Å². The summed E-state index contributed by atoms with van der Waals surface area (Å²) < 4.78 is 20.7. The topological polar surface area (TPSA) is 201 Å². The van der Waals surface area contributed by atoms with E-state index < -0.39 is 66.8 Å². The zero-order chi connectivity index (χ0) is 43.5. The Bertz CT molecular complexity index is 2460. The molecular weight excluding hydrogens is 827 g/mol. The first-order chi connectivity index (χ1) is 29.3. The molecule has 0 saturated carbocycles. The van der Waals surface area contributed by atoms with Crippen LogP contribution in [0.2, 0.25) is 0 Å². The van der Waals surface area contributed by atoms with Gasteiger partial charge in [-0.15, -0.1) is 22.7 Å². The van der Waals surface area contributed by atoms with E-state index in [4.69, 9.17) is 18.9 Å². The molecule has 2 aromatic carbocycles. The minimum atomic E-state index is -1.51. The number of fused-ring (bicyclic) bond motifs is 3. The molecule has 0 saturated heterocycles. The van der Waals surface area contributed by atoms with Gasteiger partial charge in [0, 0.05) is 16.2 Å². The van der Waals surface area contributed by atoms with Crippen LogP contribution < -0.4 is 10.6 Å². The van der Waals surface area contributed by atoms with Crippen molar-refractivity contribution in [2.45, 2.75) is 64.8 Å². The molecule has 7 rings (SSSR count). The molecule has 3 aliphatic rings. The molecule has 2 N–H and O–H groups in total. The molecule has 0 spiro atoms. The molecule has 0 fully saturated rings. The highest BCUT2D eigenvalue weighted by Gasteiger charge is 2.44. The lowest BCUT2D eigenvalue weighted by Gasteiger charge is -2.24. The van der Waals surface area contributed by atoms with E-state index in [1.54, 1.807) is 30.3 Å². The number of ether oxygens (including phenoxy) is 4. The van der Waals surface area contributed by atoms with Crippen molar-refractivity contribution < 1.29 is 57.3 Å². The van der Waals surface area contributed by atoms with Crippen LogP contribution in [0.5, 0.6) is 0 Å². The van der Waals surface area contributed by atoms with E-state index in [-0.39, 0.29) is 33.7 Å². The number of hydrogen-bond donors (Lipinski definition) is 2. The van der Waals surface area contributed by atoms with E-state index in [1.807, 2.05) is 0 Å². The summed E-state index contributed by atoms with van der Waals surface area (Å²) in [6, 6.07) is 10.8. The van der Waals surface area contributed by atoms with Gasteiger partial charge in [-0.3, -0.25) is 24.1 Å². The number of thiophene rings is 2. The number of esters is 4. The lowest BCUT2D eigenvalue weighted by Crippen LogP contribution is -2.47. The standard InChI is InChI=1S/C44H43N3O12S2/c1-22-10-13-27-31(16-22)60-37(35(27)43(54)56-3)45-33(48)20-58-41(52)25-12-15-26-29(19-25)40(51)47(39(26)50)30(18-24-8-6-5-7-9-24)42(53)59-21-34(49)46-38-36(44(55)57-4)28-14-11-23(2)17-32(28)61-38/h5-9,12,15,19,22-23,30H,10-11,13-14,16-18,20-21H2,1-4H3,(H,45,48)(H,46,49)/t22-,23+,30-/m0/s1. The maximum atomic E-state index is 14.0. The number of amides is 4. The van der Waals surface area contributed by atoms with Crippen molar-refractivity contribution in [3.8, 4) is 0 Å². The molecule has 4 aromatic rings. The average molecular weight is 870 g/mol. The van der Waals surface area contributed by atoms with Crippen LogP contribution in [0.15, 0.2) is 48.5 Å². The molecule has 15 nitrogen and oxygen atoms in total. The second-order valence-corrected chi connectivity index (χ2v) is 17.5. The number of imide groups is 1. The summed E-state index contributed by atoms with van der Waals surface area (Å²) in [5, 5.41) is 5.93. The van der Waals surface area contributed by atoms with Gasteiger partial charge in [0.25, 0.3) is 23.6 Å². The summed E-state index contributed by atoms with van der Waals surface area (Å²) in [4.78, 5) is 109. The van der Waals surface area contributed by atoms with Crippen LogP contribution in [0.4, 0.5) is 10.0 Å². The van der Waals surface area contributed by atoms with Gasteiger partial charge in [0.2, 0.25) is 0 Å². The summed E-state index contributed by atoms with van der Waals surface area (Å²) in [6.07, 6.45) is 4.44. The highest BCUT2D eigenvalue weighted by atomic mass is 32.1. The molecule has 2 aliphatic carbocycles.